The van der Waals surface area contributed by atoms with Crippen molar-refractivity contribution in [1.82, 2.24) is 0 Å². The van der Waals surface area contributed by atoms with Gasteiger partial charge in [-0.25, -0.2) is 0 Å². The molecule has 0 spiro atoms. The lowest BCUT2D eigenvalue weighted by Crippen LogP contribution is -2.00. The molecule has 0 nitrogen and oxygen atoms in total. The topological polar surface area (TPSA) is 0 Å². The Labute approximate surface area is 110 Å². The highest BCUT2D eigenvalue weighted by molar-refractivity contribution is 8.00. The minimum atomic E-state index is 0.608. The fraction of sp³-hybridized carbons (Fsp3) is 0.375. The molecule has 0 heterocycles. The van der Waals surface area contributed by atoms with Crippen molar-refractivity contribution in [2.45, 2.75) is 44.3 Å². The van der Waals surface area contributed by atoms with Gasteiger partial charge >= 0.3 is 0 Å². The Morgan fingerprint density at radius 1 is 1.06 bits per heavy atom. The molecule has 1 atom stereocenters. The van der Waals surface area contributed by atoms with Gasteiger partial charge in [0, 0.05) is 10.1 Å². The van der Waals surface area contributed by atoms with Crippen molar-refractivity contribution >= 4 is 11.8 Å². The first-order valence-electron chi connectivity index (χ1n) is 6.32. The highest BCUT2D eigenvalue weighted by atomic mass is 32.2. The molecule has 2 rings (SSSR count). The molecule has 0 saturated carbocycles. The molecule has 0 aliphatic heterocycles. The summed E-state index contributed by atoms with van der Waals surface area (Å²) in [6.45, 7) is 8.28. The third-order valence-electron chi connectivity index (χ3n) is 2.55. The molecule has 1 aromatic rings. The number of aryl methyl sites for hydroxylation is 1. The van der Waals surface area contributed by atoms with E-state index in [9.17, 15) is 0 Å². The molecule has 0 fully saturated rings. The molecule has 1 aliphatic rings. The third-order valence-corrected chi connectivity index (χ3v) is 3.75. The lowest BCUT2D eigenvalue weighted by Gasteiger charge is -2.14. The Morgan fingerprint density at radius 3 is 2.24 bits per heavy atom. The van der Waals surface area contributed by atoms with Gasteiger partial charge in [0.15, 0.2) is 0 Å². The van der Waals surface area contributed by atoms with Crippen LogP contribution >= 0.6 is 11.8 Å². The summed E-state index contributed by atoms with van der Waals surface area (Å²) in [5.41, 5.74) is 2.71. The molecule has 17 heavy (non-hydrogen) atoms. The first kappa shape index (κ1) is 14.1. The van der Waals surface area contributed by atoms with Gasteiger partial charge in [0.2, 0.25) is 0 Å². The summed E-state index contributed by atoms with van der Waals surface area (Å²) >= 11 is 1.94. The summed E-state index contributed by atoms with van der Waals surface area (Å²) in [5, 5.41) is 0.608. The van der Waals surface area contributed by atoms with Crippen LogP contribution < -0.4 is 0 Å². The fourth-order valence-electron chi connectivity index (χ4n) is 1.59. The van der Waals surface area contributed by atoms with E-state index in [2.05, 4.69) is 56.3 Å². The predicted molar refractivity (Wildman–Crippen MR) is 79.7 cm³/mol. The molecule has 1 heteroatoms. The van der Waals surface area contributed by atoms with E-state index in [1.54, 1.807) is 0 Å². The highest BCUT2D eigenvalue weighted by Crippen LogP contribution is 2.29. The first-order chi connectivity index (χ1) is 8.24. The molecule has 1 aromatic carbocycles. The van der Waals surface area contributed by atoms with Crippen LogP contribution in [0.25, 0.3) is 0 Å². The summed E-state index contributed by atoms with van der Waals surface area (Å²) in [5.74, 6) is 0. The minimum absolute atomic E-state index is 0.608. The second-order valence-electron chi connectivity index (χ2n) is 4.01. The Hall–Kier alpha value is -0.950. The Kier molecular flexibility index (Phi) is 6.13. The van der Waals surface area contributed by atoms with Gasteiger partial charge < -0.3 is 0 Å². The van der Waals surface area contributed by atoms with Crippen LogP contribution in [0.2, 0.25) is 0 Å². The van der Waals surface area contributed by atoms with Crippen molar-refractivity contribution < 1.29 is 0 Å². The lowest BCUT2D eigenvalue weighted by atomic mass is 10.1. The molecule has 92 valence electrons. The van der Waals surface area contributed by atoms with Crippen LogP contribution in [0.4, 0.5) is 0 Å². The molecule has 0 N–H and O–H groups in total. The number of benzene rings is 1. The van der Waals surface area contributed by atoms with E-state index < -0.39 is 0 Å². The molecule has 0 radical (unpaired) electrons. The monoisotopic (exact) mass is 246 g/mol. The van der Waals surface area contributed by atoms with E-state index in [1.165, 1.54) is 16.0 Å². The summed E-state index contributed by atoms with van der Waals surface area (Å²) < 4.78 is 0. The molecule has 0 bridgehead atoms. The van der Waals surface area contributed by atoms with Gasteiger partial charge in [-0.15, -0.1) is 11.8 Å². The maximum atomic E-state index is 2.31. The Morgan fingerprint density at radius 2 is 1.71 bits per heavy atom. The predicted octanol–water partition coefficient (Wildman–Crippen LogP) is 5.39. The summed E-state index contributed by atoms with van der Waals surface area (Å²) in [6, 6.07) is 8.77. The van der Waals surface area contributed by atoms with Gasteiger partial charge in [0.25, 0.3) is 0 Å². The van der Waals surface area contributed by atoms with Gasteiger partial charge in [0.05, 0.1) is 0 Å². The first-order valence-corrected chi connectivity index (χ1v) is 7.20. The van der Waals surface area contributed by atoms with Gasteiger partial charge in [-0.1, -0.05) is 55.3 Å². The molecule has 1 unspecified atom stereocenters. The second kappa shape index (κ2) is 7.39. The lowest BCUT2D eigenvalue weighted by molar-refractivity contribution is 1.03. The minimum Gasteiger partial charge on any atom is -0.118 e. The van der Waals surface area contributed by atoms with E-state index in [-0.39, 0.29) is 0 Å². The van der Waals surface area contributed by atoms with E-state index >= 15 is 0 Å². The van der Waals surface area contributed by atoms with Crippen LogP contribution in [0.3, 0.4) is 0 Å². The molecule has 0 saturated heterocycles. The Balaban J connectivity index is 0.000000686. The molecule has 1 aliphatic carbocycles. The van der Waals surface area contributed by atoms with Gasteiger partial charge in [0.1, 0.15) is 0 Å². The van der Waals surface area contributed by atoms with Crippen LogP contribution in [-0.4, -0.2) is 5.25 Å². The molecular formula is C16H22S. The van der Waals surface area contributed by atoms with E-state index in [0.717, 1.165) is 6.42 Å². The number of allylic oxidation sites excluding steroid dienone is 3. The second-order valence-corrected chi connectivity index (χ2v) is 5.32. The normalized spacial score (nSPS) is 18.1. The van der Waals surface area contributed by atoms with Crippen molar-refractivity contribution in [3.63, 3.8) is 0 Å². The smallest absolute Gasteiger partial charge is 0.0312 e. The van der Waals surface area contributed by atoms with Gasteiger partial charge in [-0.2, -0.15) is 0 Å². The van der Waals surface area contributed by atoms with E-state index in [1.807, 2.05) is 25.6 Å². The number of thioether (sulfide) groups is 1. The van der Waals surface area contributed by atoms with Crippen molar-refractivity contribution in [3.8, 4) is 0 Å². The SMILES string of the molecule is CC.CC1=CCC(Sc2ccc(C)cc2)C=C1. The average Bonchev–Trinajstić information content (AvgIpc) is 2.37. The summed E-state index contributed by atoms with van der Waals surface area (Å²) in [7, 11) is 0. The Bertz CT molecular complexity index is 384. The molecular weight excluding hydrogens is 224 g/mol. The van der Waals surface area contributed by atoms with Crippen LogP contribution in [-0.2, 0) is 0 Å². The number of hydrogen-bond acceptors (Lipinski definition) is 1. The van der Waals surface area contributed by atoms with Crippen LogP contribution in [0, 0.1) is 6.92 Å². The third kappa shape index (κ3) is 4.82. The maximum absolute atomic E-state index is 2.31. The average molecular weight is 246 g/mol. The van der Waals surface area contributed by atoms with Gasteiger partial charge in [-0.3, -0.25) is 0 Å². The molecule has 0 aromatic heterocycles. The van der Waals surface area contributed by atoms with Crippen molar-refractivity contribution in [1.29, 1.82) is 0 Å². The van der Waals surface area contributed by atoms with E-state index in [4.69, 9.17) is 0 Å². The van der Waals surface area contributed by atoms with Crippen molar-refractivity contribution in [3.05, 3.63) is 53.6 Å². The van der Waals surface area contributed by atoms with E-state index in [0.29, 0.717) is 5.25 Å². The quantitative estimate of drug-likeness (QED) is 0.674. The fourth-order valence-corrected chi connectivity index (χ4v) is 2.58. The largest absolute Gasteiger partial charge is 0.118 e. The zero-order valence-electron chi connectivity index (χ0n) is 11.2. The van der Waals surface area contributed by atoms with Crippen LogP contribution in [0.15, 0.2) is 53.0 Å². The maximum Gasteiger partial charge on any atom is 0.0312 e. The van der Waals surface area contributed by atoms with Crippen molar-refractivity contribution in [2.24, 2.45) is 0 Å². The number of rotatable bonds is 2. The highest BCUT2D eigenvalue weighted by Gasteiger charge is 2.08. The standard InChI is InChI=1S/C14H16S.C2H6/c1-11-3-7-13(8-4-11)15-14-9-5-12(2)6-10-14;1-2/h3-9,14H,10H2,1-2H3;1-2H3. The van der Waals surface area contributed by atoms with Crippen LogP contribution in [0.5, 0.6) is 0 Å². The number of hydrogen-bond donors (Lipinski definition) is 0. The zero-order chi connectivity index (χ0) is 12.7. The van der Waals surface area contributed by atoms with Gasteiger partial charge in [-0.05, 0) is 32.4 Å². The summed E-state index contributed by atoms with van der Waals surface area (Å²) in [6.07, 6.45) is 7.99. The van der Waals surface area contributed by atoms with Crippen molar-refractivity contribution in [2.75, 3.05) is 0 Å². The van der Waals surface area contributed by atoms with Crippen LogP contribution in [0.1, 0.15) is 32.8 Å². The zero-order valence-corrected chi connectivity index (χ0v) is 12.1. The summed E-state index contributed by atoms with van der Waals surface area (Å²) in [4.78, 5) is 1.36. The molecule has 0 amide bonds.